The Kier molecular flexibility index (Phi) is 4.02. The maximum absolute atomic E-state index is 12.8. The van der Waals surface area contributed by atoms with E-state index in [1.807, 2.05) is 60.8 Å². The zero-order valence-electron chi connectivity index (χ0n) is 13.5. The minimum Gasteiger partial charge on any atom is -0.495 e. The summed E-state index contributed by atoms with van der Waals surface area (Å²) in [5.74, 6) is 0.438. The monoisotopic (exact) mass is 309 g/mol. The Morgan fingerprint density at radius 1 is 1.26 bits per heavy atom. The van der Waals surface area contributed by atoms with Crippen molar-refractivity contribution in [3.8, 4) is 5.75 Å². The van der Waals surface area contributed by atoms with Crippen LogP contribution in [0.4, 0.5) is 5.69 Å². The van der Waals surface area contributed by atoms with Gasteiger partial charge in [0, 0.05) is 6.20 Å². The van der Waals surface area contributed by atoms with E-state index in [0.717, 1.165) is 16.9 Å². The summed E-state index contributed by atoms with van der Waals surface area (Å²) < 4.78 is 7.14. The Labute approximate surface area is 134 Å². The van der Waals surface area contributed by atoms with E-state index in [2.05, 4.69) is 10.3 Å². The fraction of sp³-hybridized carbons (Fsp3) is 0.222. The number of rotatable bonds is 4. The minimum atomic E-state index is -0.190. The SMILES string of the molecule is CCc1nc2c(C)cccn2c1C(=O)Nc1ccccc1OC. The number of anilines is 1. The number of hydrogen-bond donors (Lipinski definition) is 1. The molecule has 0 saturated carbocycles. The van der Waals surface area contributed by atoms with Crippen molar-refractivity contribution in [1.29, 1.82) is 0 Å². The Hall–Kier alpha value is -2.82. The maximum atomic E-state index is 12.8. The summed E-state index contributed by atoms with van der Waals surface area (Å²) in [5.41, 5.74) is 3.85. The number of para-hydroxylation sites is 2. The van der Waals surface area contributed by atoms with E-state index in [4.69, 9.17) is 4.74 Å². The number of nitrogens with one attached hydrogen (secondary N) is 1. The van der Waals surface area contributed by atoms with E-state index in [0.29, 0.717) is 23.6 Å². The number of carbonyl (C=O) groups is 1. The number of imidazole rings is 1. The largest absolute Gasteiger partial charge is 0.495 e. The summed E-state index contributed by atoms with van der Waals surface area (Å²) >= 11 is 0. The molecule has 3 aromatic rings. The first-order valence-corrected chi connectivity index (χ1v) is 7.56. The summed E-state index contributed by atoms with van der Waals surface area (Å²) in [6.45, 7) is 3.99. The normalized spacial score (nSPS) is 10.7. The molecule has 0 bridgehead atoms. The Balaban J connectivity index is 2.06. The van der Waals surface area contributed by atoms with E-state index < -0.39 is 0 Å². The second-order valence-electron chi connectivity index (χ2n) is 5.30. The molecule has 0 spiro atoms. The van der Waals surface area contributed by atoms with E-state index in [1.54, 1.807) is 7.11 Å². The van der Waals surface area contributed by atoms with Crippen molar-refractivity contribution in [3.05, 3.63) is 59.5 Å². The Morgan fingerprint density at radius 2 is 2.04 bits per heavy atom. The van der Waals surface area contributed by atoms with Crippen LogP contribution in [0.25, 0.3) is 5.65 Å². The number of fused-ring (bicyclic) bond motifs is 1. The average molecular weight is 309 g/mol. The van der Waals surface area contributed by atoms with Crippen molar-refractivity contribution < 1.29 is 9.53 Å². The molecule has 1 amide bonds. The van der Waals surface area contributed by atoms with Gasteiger partial charge in [-0.1, -0.05) is 25.1 Å². The van der Waals surface area contributed by atoms with Crippen LogP contribution in [0.1, 0.15) is 28.7 Å². The van der Waals surface area contributed by atoms with Crippen molar-refractivity contribution >= 4 is 17.2 Å². The van der Waals surface area contributed by atoms with Gasteiger partial charge in [0.2, 0.25) is 0 Å². The number of aromatic nitrogens is 2. The van der Waals surface area contributed by atoms with Gasteiger partial charge in [0.25, 0.3) is 5.91 Å². The van der Waals surface area contributed by atoms with Crippen molar-refractivity contribution in [2.75, 3.05) is 12.4 Å². The van der Waals surface area contributed by atoms with Crippen LogP contribution in [-0.4, -0.2) is 22.4 Å². The zero-order valence-corrected chi connectivity index (χ0v) is 13.5. The fourth-order valence-electron chi connectivity index (χ4n) is 2.67. The van der Waals surface area contributed by atoms with Crippen LogP contribution in [0, 0.1) is 6.92 Å². The number of benzene rings is 1. The topological polar surface area (TPSA) is 55.6 Å². The van der Waals surface area contributed by atoms with Crippen molar-refractivity contribution in [1.82, 2.24) is 9.38 Å². The van der Waals surface area contributed by atoms with Crippen molar-refractivity contribution in [2.45, 2.75) is 20.3 Å². The molecule has 0 unspecified atom stereocenters. The molecular formula is C18H19N3O2. The zero-order chi connectivity index (χ0) is 16.4. The van der Waals surface area contributed by atoms with Gasteiger partial charge in [0.05, 0.1) is 18.5 Å². The summed E-state index contributed by atoms with van der Waals surface area (Å²) in [6, 6.07) is 11.3. The molecule has 0 atom stereocenters. The lowest BCUT2D eigenvalue weighted by Crippen LogP contribution is -2.16. The van der Waals surface area contributed by atoms with Gasteiger partial charge < -0.3 is 10.1 Å². The van der Waals surface area contributed by atoms with Gasteiger partial charge in [-0.05, 0) is 37.1 Å². The third-order valence-electron chi connectivity index (χ3n) is 3.82. The number of nitrogens with zero attached hydrogens (tertiary/aromatic N) is 2. The summed E-state index contributed by atoms with van der Waals surface area (Å²) in [4.78, 5) is 17.4. The van der Waals surface area contributed by atoms with Crippen LogP contribution < -0.4 is 10.1 Å². The molecule has 23 heavy (non-hydrogen) atoms. The molecule has 2 aromatic heterocycles. The molecule has 3 rings (SSSR count). The average Bonchev–Trinajstić information content (AvgIpc) is 2.95. The van der Waals surface area contributed by atoms with E-state index in [9.17, 15) is 4.79 Å². The van der Waals surface area contributed by atoms with Crippen LogP contribution in [0.3, 0.4) is 0 Å². The van der Waals surface area contributed by atoms with Gasteiger partial charge in [-0.15, -0.1) is 0 Å². The number of carbonyl (C=O) groups excluding carboxylic acids is 1. The predicted molar refractivity (Wildman–Crippen MR) is 90.3 cm³/mol. The minimum absolute atomic E-state index is 0.190. The smallest absolute Gasteiger partial charge is 0.274 e. The molecule has 0 aliphatic carbocycles. The van der Waals surface area contributed by atoms with E-state index in [-0.39, 0.29) is 5.91 Å². The highest BCUT2D eigenvalue weighted by molar-refractivity contribution is 6.05. The summed E-state index contributed by atoms with van der Waals surface area (Å²) in [7, 11) is 1.58. The Morgan fingerprint density at radius 3 is 2.78 bits per heavy atom. The van der Waals surface area contributed by atoms with Gasteiger partial charge in [0.15, 0.2) is 0 Å². The molecule has 0 aliphatic heterocycles. The molecular weight excluding hydrogens is 290 g/mol. The van der Waals surface area contributed by atoms with E-state index >= 15 is 0 Å². The molecule has 0 fully saturated rings. The van der Waals surface area contributed by atoms with Crippen LogP contribution in [0.15, 0.2) is 42.6 Å². The van der Waals surface area contributed by atoms with E-state index in [1.165, 1.54) is 0 Å². The molecule has 0 saturated heterocycles. The third-order valence-corrected chi connectivity index (χ3v) is 3.82. The summed E-state index contributed by atoms with van der Waals surface area (Å²) in [6.07, 6.45) is 2.56. The second-order valence-corrected chi connectivity index (χ2v) is 5.30. The first-order chi connectivity index (χ1) is 11.2. The quantitative estimate of drug-likeness (QED) is 0.803. The lowest BCUT2D eigenvalue weighted by atomic mass is 10.2. The molecule has 1 N–H and O–H groups in total. The second kappa shape index (κ2) is 6.12. The van der Waals surface area contributed by atoms with Crippen LogP contribution >= 0.6 is 0 Å². The highest BCUT2D eigenvalue weighted by atomic mass is 16.5. The molecule has 5 nitrogen and oxygen atoms in total. The number of amides is 1. The maximum Gasteiger partial charge on any atom is 0.274 e. The first kappa shape index (κ1) is 15.1. The molecule has 2 heterocycles. The number of pyridine rings is 1. The van der Waals surface area contributed by atoms with Gasteiger partial charge in [-0.2, -0.15) is 0 Å². The number of methoxy groups -OCH3 is 1. The third kappa shape index (κ3) is 2.65. The highest BCUT2D eigenvalue weighted by Gasteiger charge is 2.20. The highest BCUT2D eigenvalue weighted by Crippen LogP contribution is 2.25. The van der Waals surface area contributed by atoms with Gasteiger partial charge in [-0.25, -0.2) is 4.98 Å². The van der Waals surface area contributed by atoms with Crippen molar-refractivity contribution in [2.24, 2.45) is 0 Å². The van der Waals surface area contributed by atoms with Crippen LogP contribution in [0.5, 0.6) is 5.75 Å². The molecule has 118 valence electrons. The predicted octanol–water partition coefficient (Wildman–Crippen LogP) is 3.47. The van der Waals surface area contributed by atoms with Crippen LogP contribution in [-0.2, 0) is 6.42 Å². The number of hydrogen-bond acceptors (Lipinski definition) is 3. The van der Waals surface area contributed by atoms with Gasteiger partial charge in [0.1, 0.15) is 17.1 Å². The lowest BCUT2D eigenvalue weighted by Gasteiger charge is -2.10. The van der Waals surface area contributed by atoms with Gasteiger partial charge in [-0.3, -0.25) is 9.20 Å². The standard InChI is InChI=1S/C18H19N3O2/c1-4-13-16(21-11-7-8-12(2)17(21)19-13)18(22)20-14-9-5-6-10-15(14)23-3/h5-11H,4H2,1-3H3,(H,20,22). The Bertz CT molecular complexity index is 868. The van der Waals surface area contributed by atoms with Crippen molar-refractivity contribution in [3.63, 3.8) is 0 Å². The lowest BCUT2D eigenvalue weighted by molar-refractivity contribution is 0.102. The molecule has 1 aromatic carbocycles. The number of ether oxygens (including phenoxy) is 1. The van der Waals surface area contributed by atoms with Crippen LogP contribution in [0.2, 0.25) is 0 Å². The molecule has 0 aliphatic rings. The number of aryl methyl sites for hydroxylation is 2. The van der Waals surface area contributed by atoms with Gasteiger partial charge >= 0.3 is 0 Å². The molecule has 5 heteroatoms. The first-order valence-electron chi connectivity index (χ1n) is 7.56. The fourth-order valence-corrected chi connectivity index (χ4v) is 2.67. The summed E-state index contributed by atoms with van der Waals surface area (Å²) in [5, 5.41) is 2.93. The molecule has 0 radical (unpaired) electrons.